The number of nitriles is 1. The van der Waals surface area contributed by atoms with Crippen molar-refractivity contribution in [3.05, 3.63) is 53.6 Å². The van der Waals surface area contributed by atoms with Crippen LogP contribution < -0.4 is 5.32 Å². The largest absolute Gasteiger partial charge is 0.491 e. The van der Waals surface area contributed by atoms with Gasteiger partial charge in [0.2, 0.25) is 0 Å². The van der Waals surface area contributed by atoms with E-state index in [-0.39, 0.29) is 6.73 Å². The molecule has 25 heavy (non-hydrogen) atoms. The number of anilines is 1. The normalized spacial score (nSPS) is 15.4. The summed E-state index contributed by atoms with van der Waals surface area (Å²) in [5, 5.41) is 20.6. The summed E-state index contributed by atoms with van der Waals surface area (Å²) in [6.07, 6.45) is 5.27. The average Bonchev–Trinajstić information content (AvgIpc) is 2.66. The summed E-state index contributed by atoms with van der Waals surface area (Å²) in [5.41, 5.74) is 1.86. The standard InChI is InChI=1S/C17H16ClN5O2/c18-15-3-1-2-13(6-15)14-7-17(22-21-8-14)20-12-24-10-16-9-23(11-19)4-5-25-16/h1-3,6-8,10H,4-5,9,12H2,(H,20,22)/b16-10+. The van der Waals surface area contributed by atoms with E-state index in [1.54, 1.807) is 11.1 Å². The highest BCUT2D eigenvalue weighted by Crippen LogP contribution is 2.23. The molecule has 1 aromatic carbocycles. The zero-order valence-electron chi connectivity index (χ0n) is 13.4. The van der Waals surface area contributed by atoms with Crippen molar-refractivity contribution < 1.29 is 9.47 Å². The topological polar surface area (TPSA) is 83.3 Å². The number of ether oxygens (including phenoxy) is 2. The van der Waals surface area contributed by atoms with Gasteiger partial charge >= 0.3 is 0 Å². The second-order valence-electron chi connectivity index (χ2n) is 5.28. The van der Waals surface area contributed by atoms with Crippen LogP contribution in [0.2, 0.25) is 5.02 Å². The van der Waals surface area contributed by atoms with Crippen molar-refractivity contribution in [2.75, 3.05) is 31.7 Å². The number of hydrogen-bond donors (Lipinski definition) is 1. The Labute approximate surface area is 150 Å². The van der Waals surface area contributed by atoms with Crippen LogP contribution in [0, 0.1) is 11.5 Å². The first-order valence-electron chi connectivity index (χ1n) is 7.65. The van der Waals surface area contributed by atoms with E-state index in [0.29, 0.717) is 36.3 Å². The molecule has 1 fully saturated rings. The quantitative estimate of drug-likeness (QED) is 0.381. The molecule has 2 heterocycles. The summed E-state index contributed by atoms with van der Waals surface area (Å²) in [5.74, 6) is 1.20. The van der Waals surface area contributed by atoms with Crippen molar-refractivity contribution >= 4 is 17.4 Å². The second-order valence-corrected chi connectivity index (χ2v) is 5.72. The molecule has 1 aromatic heterocycles. The van der Waals surface area contributed by atoms with Gasteiger partial charge in [-0.3, -0.25) is 4.90 Å². The Kier molecular flexibility index (Phi) is 5.54. The van der Waals surface area contributed by atoms with Crippen LogP contribution >= 0.6 is 11.6 Å². The van der Waals surface area contributed by atoms with E-state index in [1.165, 1.54) is 6.26 Å². The van der Waals surface area contributed by atoms with Gasteiger partial charge in [-0.2, -0.15) is 10.4 Å². The van der Waals surface area contributed by atoms with Crippen molar-refractivity contribution in [3.63, 3.8) is 0 Å². The molecule has 1 N–H and O–H groups in total. The van der Waals surface area contributed by atoms with Gasteiger partial charge in [0.25, 0.3) is 0 Å². The van der Waals surface area contributed by atoms with Crippen LogP contribution in [0.25, 0.3) is 11.1 Å². The van der Waals surface area contributed by atoms with Crippen molar-refractivity contribution in [2.45, 2.75) is 0 Å². The number of morpholine rings is 1. The summed E-state index contributed by atoms with van der Waals surface area (Å²) in [4.78, 5) is 1.60. The summed E-state index contributed by atoms with van der Waals surface area (Å²) < 4.78 is 10.8. The van der Waals surface area contributed by atoms with Gasteiger partial charge in [0.1, 0.15) is 12.9 Å². The number of nitrogens with zero attached hydrogens (tertiary/aromatic N) is 4. The molecule has 1 saturated heterocycles. The number of hydrogen-bond acceptors (Lipinski definition) is 7. The zero-order chi connectivity index (χ0) is 17.5. The molecule has 0 unspecified atom stereocenters. The second kappa shape index (κ2) is 8.22. The molecule has 128 valence electrons. The molecule has 2 aromatic rings. The highest BCUT2D eigenvalue weighted by atomic mass is 35.5. The Morgan fingerprint density at radius 1 is 1.40 bits per heavy atom. The molecule has 1 aliphatic heterocycles. The summed E-state index contributed by atoms with van der Waals surface area (Å²) in [6.45, 7) is 1.69. The maximum atomic E-state index is 8.88. The summed E-state index contributed by atoms with van der Waals surface area (Å²) in [6, 6.07) is 9.39. The SMILES string of the molecule is N#CN1CCO/C(=C/OCNc2cc(-c3cccc(Cl)c3)cnn2)C1. The first kappa shape index (κ1) is 16.9. The Bertz CT molecular complexity index is 806. The Morgan fingerprint density at radius 2 is 2.32 bits per heavy atom. The third kappa shape index (κ3) is 4.75. The fourth-order valence-corrected chi connectivity index (χ4v) is 2.48. The molecule has 8 heteroatoms. The van der Waals surface area contributed by atoms with E-state index in [9.17, 15) is 0 Å². The molecular weight excluding hydrogens is 342 g/mol. The van der Waals surface area contributed by atoms with Crippen molar-refractivity contribution in [2.24, 2.45) is 0 Å². The van der Waals surface area contributed by atoms with E-state index in [2.05, 4.69) is 21.7 Å². The molecular formula is C17H16ClN5O2. The zero-order valence-corrected chi connectivity index (χ0v) is 14.1. The van der Waals surface area contributed by atoms with Gasteiger partial charge in [0.05, 0.1) is 19.3 Å². The van der Waals surface area contributed by atoms with E-state index < -0.39 is 0 Å². The van der Waals surface area contributed by atoms with Crippen LogP contribution in [0.4, 0.5) is 5.82 Å². The number of benzene rings is 1. The third-order valence-electron chi connectivity index (χ3n) is 3.50. The predicted molar refractivity (Wildman–Crippen MR) is 93.3 cm³/mol. The van der Waals surface area contributed by atoms with Crippen molar-refractivity contribution in [1.29, 1.82) is 5.26 Å². The fraction of sp³-hybridized carbons (Fsp3) is 0.235. The highest BCUT2D eigenvalue weighted by molar-refractivity contribution is 6.30. The highest BCUT2D eigenvalue weighted by Gasteiger charge is 2.13. The van der Waals surface area contributed by atoms with E-state index >= 15 is 0 Å². The molecule has 0 amide bonds. The summed E-state index contributed by atoms with van der Waals surface area (Å²) >= 11 is 6.02. The first-order valence-corrected chi connectivity index (χ1v) is 8.03. The van der Waals surface area contributed by atoms with Crippen molar-refractivity contribution in [1.82, 2.24) is 15.1 Å². The molecule has 0 atom stereocenters. The van der Waals surface area contributed by atoms with Gasteiger partial charge in [-0.15, -0.1) is 5.10 Å². The minimum Gasteiger partial charge on any atom is -0.491 e. The Morgan fingerprint density at radius 3 is 3.16 bits per heavy atom. The number of nitrogens with one attached hydrogen (secondary N) is 1. The lowest BCUT2D eigenvalue weighted by Crippen LogP contribution is -2.31. The Hall–Kier alpha value is -2.98. The van der Waals surface area contributed by atoms with Crippen LogP contribution in [-0.4, -0.2) is 41.5 Å². The molecule has 7 nitrogen and oxygen atoms in total. The smallest absolute Gasteiger partial charge is 0.179 e. The molecule has 0 bridgehead atoms. The van der Waals surface area contributed by atoms with Crippen molar-refractivity contribution in [3.8, 4) is 17.3 Å². The van der Waals surface area contributed by atoms with Crippen LogP contribution in [0.5, 0.6) is 0 Å². The molecule has 0 spiro atoms. The number of halogens is 1. The maximum absolute atomic E-state index is 8.88. The van der Waals surface area contributed by atoms with E-state index in [4.69, 9.17) is 26.3 Å². The summed E-state index contributed by atoms with van der Waals surface area (Å²) in [7, 11) is 0. The lowest BCUT2D eigenvalue weighted by Gasteiger charge is -2.23. The van der Waals surface area contributed by atoms with E-state index in [1.807, 2.05) is 30.3 Å². The van der Waals surface area contributed by atoms with Crippen LogP contribution in [-0.2, 0) is 9.47 Å². The van der Waals surface area contributed by atoms with Gasteiger partial charge in [-0.25, -0.2) is 0 Å². The minimum atomic E-state index is 0.201. The monoisotopic (exact) mass is 357 g/mol. The van der Waals surface area contributed by atoms with Gasteiger partial charge in [-0.1, -0.05) is 23.7 Å². The van der Waals surface area contributed by atoms with Gasteiger partial charge in [-0.05, 0) is 23.8 Å². The molecule has 1 aliphatic rings. The average molecular weight is 358 g/mol. The maximum Gasteiger partial charge on any atom is 0.179 e. The number of rotatable bonds is 5. The lowest BCUT2D eigenvalue weighted by molar-refractivity contribution is 0.110. The third-order valence-corrected chi connectivity index (χ3v) is 3.74. The van der Waals surface area contributed by atoms with Gasteiger partial charge in [0, 0.05) is 10.6 Å². The number of aromatic nitrogens is 2. The fourth-order valence-electron chi connectivity index (χ4n) is 2.29. The molecule has 0 saturated carbocycles. The molecule has 0 radical (unpaired) electrons. The molecule has 0 aliphatic carbocycles. The van der Waals surface area contributed by atoms with E-state index in [0.717, 1.165) is 11.1 Å². The molecule has 3 rings (SSSR count). The Balaban J connectivity index is 1.55. The van der Waals surface area contributed by atoms with Gasteiger partial charge in [0.15, 0.2) is 24.5 Å². The minimum absolute atomic E-state index is 0.201. The lowest BCUT2D eigenvalue weighted by atomic mass is 10.1. The van der Waals surface area contributed by atoms with Crippen LogP contribution in [0.15, 0.2) is 48.5 Å². The van der Waals surface area contributed by atoms with Gasteiger partial charge < -0.3 is 14.8 Å². The first-order chi connectivity index (χ1) is 12.2. The van der Waals surface area contributed by atoms with Crippen LogP contribution in [0.3, 0.4) is 0 Å². The van der Waals surface area contributed by atoms with Crippen LogP contribution in [0.1, 0.15) is 0 Å². The predicted octanol–water partition coefficient (Wildman–Crippen LogP) is 2.84.